The molecular weight excluding hydrogens is 204 g/mol. The van der Waals surface area contributed by atoms with Crippen molar-refractivity contribution in [3.05, 3.63) is 0 Å². The van der Waals surface area contributed by atoms with E-state index in [2.05, 4.69) is 37.4 Å². The highest BCUT2D eigenvalue weighted by molar-refractivity contribution is 8.00. The van der Waals surface area contributed by atoms with Gasteiger partial charge < -0.3 is 5.73 Å². The molecule has 1 atom stereocenters. The predicted octanol–water partition coefficient (Wildman–Crippen LogP) is 1.94. The van der Waals surface area contributed by atoms with Gasteiger partial charge in [0, 0.05) is 35.7 Å². The van der Waals surface area contributed by atoms with E-state index in [1.54, 1.807) is 0 Å². The second kappa shape index (κ2) is 3.94. The van der Waals surface area contributed by atoms with Crippen LogP contribution in [0.5, 0.6) is 0 Å². The van der Waals surface area contributed by atoms with Gasteiger partial charge in [-0.05, 0) is 39.5 Å². The normalized spacial score (nSPS) is 31.2. The van der Waals surface area contributed by atoms with Crippen LogP contribution in [-0.2, 0) is 0 Å². The van der Waals surface area contributed by atoms with Crippen molar-refractivity contribution < 1.29 is 0 Å². The first-order valence-corrected chi connectivity index (χ1v) is 7.03. The highest BCUT2D eigenvalue weighted by Gasteiger charge is 2.40. The third-order valence-corrected chi connectivity index (χ3v) is 4.88. The molecule has 3 heteroatoms. The van der Waals surface area contributed by atoms with Crippen molar-refractivity contribution in [3.8, 4) is 0 Å². The summed E-state index contributed by atoms with van der Waals surface area (Å²) < 4.78 is 0.415. The van der Waals surface area contributed by atoms with Crippen LogP contribution in [0.1, 0.15) is 33.6 Å². The Morgan fingerprint density at radius 2 is 2.13 bits per heavy atom. The highest BCUT2D eigenvalue weighted by Crippen LogP contribution is 2.39. The molecule has 2 fully saturated rings. The molecule has 0 amide bonds. The van der Waals surface area contributed by atoms with Gasteiger partial charge in [-0.1, -0.05) is 0 Å². The molecular formula is C12H24N2S. The molecule has 1 saturated heterocycles. The molecule has 1 unspecified atom stereocenters. The monoisotopic (exact) mass is 228 g/mol. The summed E-state index contributed by atoms with van der Waals surface area (Å²) in [6.45, 7) is 10.4. The SMILES string of the molecule is CC1(C)CN(CC(C)(N)C2CC2)CCS1. The molecule has 0 spiro atoms. The fourth-order valence-corrected chi connectivity index (χ4v) is 3.78. The van der Waals surface area contributed by atoms with Gasteiger partial charge in [0.15, 0.2) is 0 Å². The fraction of sp³-hybridized carbons (Fsp3) is 1.00. The van der Waals surface area contributed by atoms with Gasteiger partial charge in [0.2, 0.25) is 0 Å². The van der Waals surface area contributed by atoms with E-state index in [-0.39, 0.29) is 5.54 Å². The molecule has 2 aliphatic rings. The summed E-state index contributed by atoms with van der Waals surface area (Å²) in [6.07, 6.45) is 2.69. The van der Waals surface area contributed by atoms with Crippen molar-refractivity contribution in [2.75, 3.05) is 25.4 Å². The number of rotatable bonds is 3. The molecule has 0 aromatic heterocycles. The largest absolute Gasteiger partial charge is 0.324 e. The van der Waals surface area contributed by atoms with E-state index < -0.39 is 0 Å². The summed E-state index contributed by atoms with van der Waals surface area (Å²) in [7, 11) is 0. The molecule has 1 aliphatic heterocycles. The standard InChI is InChI=1S/C12H24N2S/c1-11(2)8-14(6-7-15-11)9-12(3,13)10-4-5-10/h10H,4-9,13H2,1-3H3. The second-order valence-electron chi connectivity index (χ2n) is 6.10. The van der Waals surface area contributed by atoms with Gasteiger partial charge in [-0.15, -0.1) is 0 Å². The van der Waals surface area contributed by atoms with E-state index in [9.17, 15) is 0 Å². The van der Waals surface area contributed by atoms with Gasteiger partial charge in [-0.25, -0.2) is 0 Å². The molecule has 0 radical (unpaired) electrons. The van der Waals surface area contributed by atoms with E-state index in [1.165, 1.54) is 31.7 Å². The van der Waals surface area contributed by atoms with Crippen LogP contribution in [0.2, 0.25) is 0 Å². The molecule has 1 aliphatic carbocycles. The van der Waals surface area contributed by atoms with Gasteiger partial charge >= 0.3 is 0 Å². The van der Waals surface area contributed by atoms with E-state index in [0.29, 0.717) is 4.75 Å². The van der Waals surface area contributed by atoms with E-state index in [1.807, 2.05) is 0 Å². The Morgan fingerprint density at radius 3 is 2.67 bits per heavy atom. The molecule has 2 nitrogen and oxygen atoms in total. The number of thioether (sulfide) groups is 1. The van der Waals surface area contributed by atoms with Crippen LogP contribution in [0.25, 0.3) is 0 Å². The Balaban J connectivity index is 1.88. The number of hydrogen-bond donors (Lipinski definition) is 1. The summed E-state index contributed by atoms with van der Waals surface area (Å²) >= 11 is 2.09. The molecule has 1 saturated carbocycles. The zero-order valence-corrected chi connectivity index (χ0v) is 11.1. The van der Waals surface area contributed by atoms with E-state index >= 15 is 0 Å². The molecule has 2 N–H and O–H groups in total. The second-order valence-corrected chi connectivity index (χ2v) is 7.90. The van der Waals surface area contributed by atoms with Gasteiger partial charge in [0.1, 0.15) is 0 Å². The van der Waals surface area contributed by atoms with Crippen LogP contribution in [0, 0.1) is 5.92 Å². The van der Waals surface area contributed by atoms with Crippen LogP contribution in [0.3, 0.4) is 0 Å². The highest BCUT2D eigenvalue weighted by atomic mass is 32.2. The van der Waals surface area contributed by atoms with Crippen molar-refractivity contribution in [1.82, 2.24) is 4.90 Å². The smallest absolute Gasteiger partial charge is 0.0283 e. The van der Waals surface area contributed by atoms with Crippen LogP contribution >= 0.6 is 11.8 Å². The lowest BCUT2D eigenvalue weighted by atomic mass is 9.96. The first-order valence-electron chi connectivity index (χ1n) is 6.04. The lowest BCUT2D eigenvalue weighted by molar-refractivity contribution is 0.194. The number of nitrogens with two attached hydrogens (primary N) is 1. The fourth-order valence-electron chi connectivity index (χ4n) is 2.60. The molecule has 1 heterocycles. The van der Waals surface area contributed by atoms with Gasteiger partial charge in [-0.2, -0.15) is 11.8 Å². The van der Waals surface area contributed by atoms with Crippen molar-refractivity contribution in [2.45, 2.75) is 43.9 Å². The first-order chi connectivity index (χ1) is 6.89. The van der Waals surface area contributed by atoms with Crippen LogP contribution in [0.4, 0.5) is 0 Å². The summed E-state index contributed by atoms with van der Waals surface area (Å²) in [4.78, 5) is 2.56. The maximum Gasteiger partial charge on any atom is 0.0283 e. The molecule has 2 rings (SSSR count). The minimum absolute atomic E-state index is 0.0537. The minimum atomic E-state index is 0.0537. The zero-order valence-electron chi connectivity index (χ0n) is 10.3. The van der Waals surface area contributed by atoms with E-state index in [0.717, 1.165) is 12.5 Å². The molecule has 15 heavy (non-hydrogen) atoms. The average molecular weight is 228 g/mol. The lowest BCUT2D eigenvalue weighted by Gasteiger charge is -2.41. The lowest BCUT2D eigenvalue weighted by Crippen LogP contribution is -2.54. The summed E-state index contributed by atoms with van der Waals surface area (Å²) in [5, 5.41) is 0. The quantitative estimate of drug-likeness (QED) is 0.800. The zero-order chi connectivity index (χ0) is 11.1. The predicted molar refractivity (Wildman–Crippen MR) is 68.3 cm³/mol. The molecule has 0 aromatic rings. The Morgan fingerprint density at radius 1 is 1.47 bits per heavy atom. The van der Waals surface area contributed by atoms with Gasteiger partial charge in [0.05, 0.1) is 0 Å². The summed E-state index contributed by atoms with van der Waals surface area (Å²) in [5.41, 5.74) is 6.45. The third-order valence-electron chi connectivity index (χ3n) is 3.58. The molecule has 0 aromatic carbocycles. The van der Waals surface area contributed by atoms with Crippen LogP contribution < -0.4 is 5.73 Å². The summed E-state index contributed by atoms with van der Waals surface area (Å²) in [5.74, 6) is 2.04. The Bertz CT molecular complexity index is 234. The van der Waals surface area contributed by atoms with Gasteiger partial charge in [0.25, 0.3) is 0 Å². The maximum absolute atomic E-state index is 6.39. The third kappa shape index (κ3) is 3.11. The van der Waals surface area contributed by atoms with Crippen molar-refractivity contribution in [3.63, 3.8) is 0 Å². The van der Waals surface area contributed by atoms with Crippen molar-refractivity contribution in [2.24, 2.45) is 11.7 Å². The number of hydrogen-bond acceptors (Lipinski definition) is 3. The topological polar surface area (TPSA) is 29.3 Å². The first kappa shape index (κ1) is 11.7. The van der Waals surface area contributed by atoms with Gasteiger partial charge in [-0.3, -0.25) is 4.90 Å². The average Bonchev–Trinajstić information content (AvgIpc) is 2.81. The van der Waals surface area contributed by atoms with Crippen LogP contribution in [-0.4, -0.2) is 40.6 Å². The Labute approximate surface area is 98.0 Å². The van der Waals surface area contributed by atoms with Crippen LogP contribution in [0.15, 0.2) is 0 Å². The maximum atomic E-state index is 6.39. The number of nitrogens with zero attached hydrogens (tertiary/aromatic N) is 1. The minimum Gasteiger partial charge on any atom is -0.324 e. The molecule has 0 bridgehead atoms. The summed E-state index contributed by atoms with van der Waals surface area (Å²) in [6, 6.07) is 0. The van der Waals surface area contributed by atoms with E-state index in [4.69, 9.17) is 5.73 Å². The van der Waals surface area contributed by atoms with Crippen molar-refractivity contribution >= 4 is 11.8 Å². The molecule has 88 valence electrons. The Kier molecular flexibility index (Phi) is 3.08. The van der Waals surface area contributed by atoms with Crippen molar-refractivity contribution in [1.29, 1.82) is 0 Å². The Hall–Kier alpha value is 0.270.